The third-order valence-corrected chi connectivity index (χ3v) is 4.79. The van der Waals surface area contributed by atoms with Gasteiger partial charge in [-0.2, -0.15) is 0 Å². The fourth-order valence-corrected chi connectivity index (χ4v) is 3.30. The van der Waals surface area contributed by atoms with Crippen LogP contribution in [0.4, 0.5) is 0 Å². The predicted octanol–water partition coefficient (Wildman–Crippen LogP) is 3.95. The minimum atomic E-state index is 0.426. The molecule has 0 amide bonds. The number of hydrogen-bond acceptors (Lipinski definition) is 1. The van der Waals surface area contributed by atoms with Crippen molar-refractivity contribution in [2.24, 2.45) is 11.3 Å². The van der Waals surface area contributed by atoms with E-state index in [4.69, 9.17) is 4.74 Å². The van der Waals surface area contributed by atoms with Crippen molar-refractivity contribution >= 4 is 0 Å². The van der Waals surface area contributed by atoms with Crippen LogP contribution in [-0.4, -0.2) is 13.2 Å². The van der Waals surface area contributed by atoms with E-state index in [1.165, 1.54) is 24.8 Å². The molecule has 18 heavy (non-hydrogen) atoms. The van der Waals surface area contributed by atoms with Gasteiger partial charge in [0.15, 0.2) is 0 Å². The molecule has 0 N–H and O–H groups in total. The number of rotatable bonds is 1. The molecule has 1 aromatic carbocycles. The normalized spacial score (nSPS) is 27.5. The fraction of sp³-hybridized carbons (Fsp3) is 0.647. The number of benzene rings is 1. The highest BCUT2D eigenvalue weighted by atomic mass is 16.5. The zero-order valence-electron chi connectivity index (χ0n) is 11.8. The van der Waals surface area contributed by atoms with E-state index in [9.17, 15) is 0 Å². The van der Waals surface area contributed by atoms with E-state index in [1.54, 1.807) is 11.1 Å². The lowest BCUT2D eigenvalue weighted by Gasteiger charge is -2.26. The Hall–Kier alpha value is -0.820. The highest BCUT2D eigenvalue weighted by Crippen LogP contribution is 2.39. The van der Waals surface area contributed by atoms with E-state index in [0.29, 0.717) is 11.3 Å². The van der Waals surface area contributed by atoms with Crippen LogP contribution in [-0.2, 0) is 17.6 Å². The van der Waals surface area contributed by atoms with Gasteiger partial charge in [-0.05, 0) is 47.3 Å². The van der Waals surface area contributed by atoms with Crippen LogP contribution in [0.25, 0.3) is 0 Å². The van der Waals surface area contributed by atoms with Gasteiger partial charge in [-0.25, -0.2) is 0 Å². The molecule has 2 unspecified atom stereocenters. The van der Waals surface area contributed by atoms with Crippen molar-refractivity contribution in [3.63, 3.8) is 0 Å². The van der Waals surface area contributed by atoms with Gasteiger partial charge in [-0.1, -0.05) is 39.0 Å². The summed E-state index contributed by atoms with van der Waals surface area (Å²) in [6, 6.07) is 7.17. The standard InChI is InChI=1S/C17H24O/c1-17(2,3)16-9-13-5-4-12(8-15(13)10-16)14-6-7-18-11-14/h4-5,8,14,16H,6-7,9-11H2,1-3H3. The predicted molar refractivity (Wildman–Crippen MR) is 75.0 cm³/mol. The van der Waals surface area contributed by atoms with E-state index in [0.717, 1.165) is 19.1 Å². The summed E-state index contributed by atoms with van der Waals surface area (Å²) in [6.07, 6.45) is 3.72. The van der Waals surface area contributed by atoms with Crippen molar-refractivity contribution in [1.29, 1.82) is 0 Å². The Morgan fingerprint density at radius 3 is 2.56 bits per heavy atom. The van der Waals surface area contributed by atoms with E-state index in [2.05, 4.69) is 39.0 Å². The van der Waals surface area contributed by atoms with Gasteiger partial charge in [-0.3, -0.25) is 0 Å². The molecule has 1 nitrogen and oxygen atoms in total. The van der Waals surface area contributed by atoms with Crippen LogP contribution >= 0.6 is 0 Å². The first-order valence-electron chi connectivity index (χ1n) is 7.23. The monoisotopic (exact) mass is 244 g/mol. The summed E-state index contributed by atoms with van der Waals surface area (Å²) in [6.45, 7) is 8.97. The highest BCUT2D eigenvalue weighted by molar-refractivity contribution is 5.38. The van der Waals surface area contributed by atoms with Crippen molar-refractivity contribution in [2.45, 2.75) is 46.0 Å². The Kier molecular flexibility index (Phi) is 2.97. The Morgan fingerprint density at radius 2 is 1.89 bits per heavy atom. The summed E-state index contributed by atoms with van der Waals surface area (Å²) in [5.41, 5.74) is 5.10. The van der Waals surface area contributed by atoms with Crippen LogP contribution in [0.1, 0.15) is 49.8 Å². The minimum Gasteiger partial charge on any atom is -0.381 e. The van der Waals surface area contributed by atoms with Crippen LogP contribution in [0, 0.1) is 11.3 Å². The second-order valence-electron chi connectivity index (χ2n) is 7.06. The first-order valence-corrected chi connectivity index (χ1v) is 7.23. The molecule has 1 saturated heterocycles. The highest BCUT2D eigenvalue weighted by Gasteiger charge is 2.31. The topological polar surface area (TPSA) is 9.23 Å². The largest absolute Gasteiger partial charge is 0.381 e. The molecule has 98 valence electrons. The van der Waals surface area contributed by atoms with Crippen molar-refractivity contribution in [1.82, 2.24) is 0 Å². The third kappa shape index (κ3) is 2.21. The Morgan fingerprint density at radius 1 is 1.11 bits per heavy atom. The molecule has 1 aliphatic heterocycles. The molecule has 1 heterocycles. The Labute approximate surface area is 111 Å². The summed E-state index contributed by atoms with van der Waals surface area (Å²) < 4.78 is 5.51. The van der Waals surface area contributed by atoms with Crippen LogP contribution in [0.3, 0.4) is 0 Å². The van der Waals surface area contributed by atoms with E-state index in [1.807, 2.05) is 0 Å². The first kappa shape index (κ1) is 12.2. The van der Waals surface area contributed by atoms with Crippen LogP contribution < -0.4 is 0 Å². The summed E-state index contributed by atoms with van der Waals surface area (Å²) in [5.74, 6) is 1.45. The third-order valence-electron chi connectivity index (χ3n) is 4.79. The summed E-state index contributed by atoms with van der Waals surface area (Å²) in [7, 11) is 0. The van der Waals surface area contributed by atoms with E-state index in [-0.39, 0.29) is 0 Å². The molecule has 0 spiro atoms. The van der Waals surface area contributed by atoms with Gasteiger partial charge in [0, 0.05) is 12.5 Å². The van der Waals surface area contributed by atoms with E-state index >= 15 is 0 Å². The quantitative estimate of drug-likeness (QED) is 0.727. The average molecular weight is 244 g/mol. The molecule has 0 saturated carbocycles. The lowest BCUT2D eigenvalue weighted by Crippen LogP contribution is -2.20. The van der Waals surface area contributed by atoms with Crippen LogP contribution in [0.5, 0.6) is 0 Å². The van der Waals surface area contributed by atoms with Gasteiger partial charge < -0.3 is 4.74 Å². The zero-order chi connectivity index (χ0) is 12.8. The number of hydrogen-bond donors (Lipinski definition) is 0. The molecule has 1 aliphatic carbocycles. The van der Waals surface area contributed by atoms with Crippen molar-refractivity contribution < 1.29 is 4.74 Å². The summed E-state index contributed by atoms with van der Waals surface area (Å²) in [4.78, 5) is 0. The fourth-order valence-electron chi connectivity index (χ4n) is 3.30. The maximum atomic E-state index is 5.51. The molecule has 0 aromatic heterocycles. The molecule has 3 rings (SSSR count). The lowest BCUT2D eigenvalue weighted by atomic mass is 9.79. The van der Waals surface area contributed by atoms with Gasteiger partial charge in [0.1, 0.15) is 0 Å². The summed E-state index contributed by atoms with van der Waals surface area (Å²) in [5, 5.41) is 0. The summed E-state index contributed by atoms with van der Waals surface area (Å²) >= 11 is 0. The molecular weight excluding hydrogens is 220 g/mol. The smallest absolute Gasteiger partial charge is 0.0535 e. The second kappa shape index (κ2) is 4.38. The Balaban J connectivity index is 1.82. The van der Waals surface area contributed by atoms with Gasteiger partial charge in [0.2, 0.25) is 0 Å². The lowest BCUT2D eigenvalue weighted by molar-refractivity contribution is 0.194. The molecular formula is C17H24O. The van der Waals surface area contributed by atoms with E-state index < -0.39 is 0 Å². The van der Waals surface area contributed by atoms with Crippen molar-refractivity contribution in [3.8, 4) is 0 Å². The maximum absolute atomic E-state index is 5.51. The van der Waals surface area contributed by atoms with Gasteiger partial charge in [-0.15, -0.1) is 0 Å². The van der Waals surface area contributed by atoms with Gasteiger partial charge in [0.05, 0.1) is 6.61 Å². The SMILES string of the molecule is CC(C)(C)C1Cc2ccc(C3CCOC3)cc2C1. The number of fused-ring (bicyclic) bond motifs is 1. The molecule has 0 bridgehead atoms. The zero-order valence-corrected chi connectivity index (χ0v) is 11.8. The first-order chi connectivity index (χ1) is 8.54. The average Bonchev–Trinajstić information content (AvgIpc) is 2.96. The molecule has 2 atom stereocenters. The number of ether oxygens (including phenoxy) is 1. The van der Waals surface area contributed by atoms with Crippen LogP contribution in [0.15, 0.2) is 18.2 Å². The molecule has 1 heteroatoms. The second-order valence-corrected chi connectivity index (χ2v) is 7.06. The van der Waals surface area contributed by atoms with Gasteiger partial charge in [0.25, 0.3) is 0 Å². The Bertz CT molecular complexity index is 435. The minimum absolute atomic E-state index is 0.426. The van der Waals surface area contributed by atoms with Crippen LogP contribution in [0.2, 0.25) is 0 Å². The van der Waals surface area contributed by atoms with Crippen molar-refractivity contribution in [3.05, 3.63) is 34.9 Å². The molecule has 0 radical (unpaired) electrons. The molecule has 2 aliphatic rings. The van der Waals surface area contributed by atoms with Crippen molar-refractivity contribution in [2.75, 3.05) is 13.2 Å². The maximum Gasteiger partial charge on any atom is 0.0535 e. The molecule has 1 aromatic rings. The van der Waals surface area contributed by atoms with Gasteiger partial charge >= 0.3 is 0 Å². The molecule has 1 fully saturated rings.